The maximum atomic E-state index is 15.3. The molecule has 9 N–H and O–H groups in total. The molecule has 2 bridgehead atoms. The lowest BCUT2D eigenvalue weighted by molar-refractivity contribution is -0.183. The summed E-state index contributed by atoms with van der Waals surface area (Å²) in [5.74, 6) is -1.56. The van der Waals surface area contributed by atoms with Crippen LogP contribution in [0.4, 0.5) is 0 Å². The molecule has 14 heteroatoms. The number of rotatable bonds is 9. The smallest absolute Gasteiger partial charge is 0.190 e. The predicted molar refractivity (Wildman–Crippen MR) is 291 cm³/mol. The lowest BCUT2D eigenvalue weighted by Crippen LogP contribution is -2.67. The fourth-order valence-corrected chi connectivity index (χ4v) is 20.5. The number of benzene rings is 1. The van der Waals surface area contributed by atoms with Crippen molar-refractivity contribution in [3.63, 3.8) is 0 Å². The van der Waals surface area contributed by atoms with Gasteiger partial charge in [-0.2, -0.15) is 0 Å². The molecule has 16 atom stereocenters. The van der Waals surface area contributed by atoms with Gasteiger partial charge < -0.3 is 46.5 Å². The lowest BCUT2D eigenvalue weighted by Gasteiger charge is -2.64. The van der Waals surface area contributed by atoms with Crippen LogP contribution in [0.3, 0.4) is 0 Å². The highest BCUT2D eigenvalue weighted by molar-refractivity contribution is 8.76. The Kier molecular flexibility index (Phi) is 16.1. The van der Waals surface area contributed by atoms with E-state index in [0.717, 1.165) is 43.4 Å². The number of aromatic nitrogens is 2. The third-order valence-corrected chi connectivity index (χ3v) is 23.4. The van der Waals surface area contributed by atoms with Gasteiger partial charge in [-0.25, -0.2) is 4.98 Å². The Bertz CT molecular complexity index is 2300. The van der Waals surface area contributed by atoms with Crippen molar-refractivity contribution < 1.29 is 30.3 Å². The number of carbonyl (C=O) groups excluding carboxylic acids is 1. The van der Waals surface area contributed by atoms with Crippen LogP contribution in [0.5, 0.6) is 0 Å². The van der Waals surface area contributed by atoms with E-state index in [1.807, 2.05) is 41.2 Å². The van der Waals surface area contributed by atoms with Gasteiger partial charge in [-0.05, 0) is 155 Å². The van der Waals surface area contributed by atoms with Crippen LogP contribution in [-0.2, 0) is 11.2 Å². The fourth-order valence-electron chi connectivity index (χ4n) is 17.2. The Morgan fingerprint density at radius 3 is 2.43 bits per heavy atom. The maximum absolute atomic E-state index is 15.3. The zero-order valence-corrected chi connectivity index (χ0v) is 45.9. The van der Waals surface area contributed by atoms with Gasteiger partial charge in [-0.1, -0.05) is 111 Å². The van der Waals surface area contributed by atoms with Crippen molar-refractivity contribution >= 4 is 33.3 Å². The van der Waals surface area contributed by atoms with E-state index in [1.165, 1.54) is 49.7 Å². The van der Waals surface area contributed by atoms with Crippen LogP contribution in [0.25, 0.3) is 0 Å². The van der Waals surface area contributed by atoms with Gasteiger partial charge in [-0.3, -0.25) is 9.79 Å². The number of nitrogens with two attached hydrogens (primary N) is 1. The van der Waals surface area contributed by atoms with Crippen molar-refractivity contribution in [2.75, 3.05) is 25.9 Å². The molecule has 9 rings (SSSR count). The minimum Gasteiger partial charge on any atom is -0.393 e. The van der Waals surface area contributed by atoms with Gasteiger partial charge in [0.15, 0.2) is 11.7 Å². The number of ketones is 1. The molecule has 2 aromatic rings. The predicted octanol–water partition coefficient (Wildman–Crippen LogP) is 8.40. The van der Waals surface area contributed by atoms with Crippen LogP contribution in [0.1, 0.15) is 143 Å². The highest BCUT2D eigenvalue weighted by atomic mass is 33.1. The molecule has 5 saturated carbocycles. The van der Waals surface area contributed by atoms with Crippen molar-refractivity contribution in [2.45, 2.75) is 179 Å². The average Bonchev–Trinajstić information content (AvgIpc) is 4.09. The molecule has 1 aromatic carbocycles. The van der Waals surface area contributed by atoms with E-state index in [4.69, 9.17) is 10.7 Å². The number of aliphatic imine (C=N–C) groups is 1. The molecule has 6 fully saturated rings. The van der Waals surface area contributed by atoms with Crippen LogP contribution in [0, 0.1) is 63.1 Å². The largest absolute Gasteiger partial charge is 0.393 e. The summed E-state index contributed by atoms with van der Waals surface area (Å²) < 4.78 is 2.29. The Morgan fingerprint density at radius 1 is 1.00 bits per heavy atom. The molecule has 0 unspecified atom stereocenters. The van der Waals surface area contributed by atoms with Gasteiger partial charge in [0, 0.05) is 65.7 Å². The number of aryl methyl sites for hydroxylation is 1. The van der Waals surface area contributed by atoms with Gasteiger partial charge in [0.25, 0.3) is 0 Å². The van der Waals surface area contributed by atoms with Crippen molar-refractivity contribution in [1.82, 2.24) is 20.2 Å². The first-order valence-electron chi connectivity index (χ1n) is 27.7. The Morgan fingerprint density at radius 2 is 1.74 bits per heavy atom. The molecule has 2 heterocycles. The maximum Gasteiger partial charge on any atom is 0.190 e. The Hall–Kier alpha value is -2.69. The van der Waals surface area contributed by atoms with Gasteiger partial charge in [0.05, 0.1) is 30.2 Å². The third-order valence-electron chi connectivity index (χ3n) is 20.4. The molecule has 398 valence electrons. The minimum atomic E-state index is -1.47. The summed E-state index contributed by atoms with van der Waals surface area (Å²) in [7, 11) is 5.62. The SMILES string of the molecule is CNC[C@@H]1[C@@H](O)[C@@H](O)C[C@]2(C)[C@@H]3C(=CC(=O)[C@H]12)[C@]1(O)[C@@H]2C[C@H]([C@H](C)[C@H](O)C/C(=C4/CCCC5(CCCC5)C4)C(C)(C)C[C@@H](n4ccnc4)CSS[C@H]2CCc2ccccc2)[C@@]1(C)C[C@@H]3CN=C(N)N[C@@H](C)O. The van der Waals surface area contributed by atoms with E-state index in [9.17, 15) is 25.5 Å². The summed E-state index contributed by atoms with van der Waals surface area (Å²) in [4.78, 5) is 24.8. The summed E-state index contributed by atoms with van der Waals surface area (Å²) in [6, 6.07) is 10.8. The molecular weight excluding hydrogens is 941 g/mol. The van der Waals surface area contributed by atoms with Gasteiger partial charge in [-0.15, -0.1) is 0 Å². The molecule has 1 spiro atoms. The topological polar surface area (TPSA) is 198 Å². The number of aliphatic hydroxyl groups is 5. The second kappa shape index (κ2) is 21.4. The molecule has 0 amide bonds. The second-order valence-corrected chi connectivity index (χ2v) is 27.9. The Labute approximate surface area is 438 Å². The standard InChI is InChI=1S/C58H88N6O6S2/c1-35-42-24-44(58(70)45-26-47(67)51-41(32-60-7)52(69)48(68)30-55(51,5)50(45)39(27-56(42,58)6)31-62-53(59)63-36(2)65)49(18-17-37-14-9-8-10-15-37)72-71-33-40(64-23-22-61-34-64)29-54(3,4)43(25-46(35)66)38-16-13-21-57(28-38)19-11-12-20-57/h8-10,14-15,22-23,26,34-36,39-42,44,46,48-52,60,65-66,68-70H,11-13,16-21,24-25,27-33H2,1-7H3,(H3,59,62,63)/b43-38+/t35-,36+,39+,40+,41-,42+,44+,46+,48-,49-,50-,51-,52+,55+,56+,58+/m0/s1. The summed E-state index contributed by atoms with van der Waals surface area (Å²) in [6.07, 6.45) is 18.4. The highest BCUT2D eigenvalue weighted by Gasteiger charge is 2.73. The van der Waals surface area contributed by atoms with Gasteiger partial charge >= 0.3 is 0 Å². The van der Waals surface area contributed by atoms with Crippen LogP contribution in [-0.4, -0.2) is 108 Å². The van der Waals surface area contributed by atoms with Crippen LogP contribution in [0.2, 0.25) is 0 Å². The van der Waals surface area contributed by atoms with Crippen LogP contribution in [0.15, 0.2) is 76.8 Å². The molecule has 7 aliphatic rings. The number of imidazole rings is 1. The zero-order valence-electron chi connectivity index (χ0n) is 44.3. The molecule has 12 nitrogen and oxygen atoms in total. The number of carbonyl (C=O) groups is 1. The first kappa shape index (κ1) is 54.1. The Balaban J connectivity index is 1.21. The average molecular weight is 1030 g/mol. The van der Waals surface area contributed by atoms with Crippen molar-refractivity contribution in [3.8, 4) is 0 Å². The number of fused-ring (bicyclic) bond motifs is 9. The van der Waals surface area contributed by atoms with Crippen molar-refractivity contribution in [3.05, 3.63) is 77.4 Å². The molecule has 0 radical (unpaired) electrons. The summed E-state index contributed by atoms with van der Waals surface area (Å²) in [5, 5.41) is 67.8. The fraction of sp³-hybridized carbons (Fsp3) is 0.741. The van der Waals surface area contributed by atoms with Crippen LogP contribution >= 0.6 is 21.6 Å². The van der Waals surface area contributed by atoms with E-state index in [1.54, 1.807) is 18.6 Å². The number of hydrogen-bond acceptors (Lipinski definition) is 11. The lowest BCUT2D eigenvalue weighted by atomic mass is 9.41. The number of allylic oxidation sites excluding steroid dienone is 2. The molecule has 1 saturated heterocycles. The van der Waals surface area contributed by atoms with Crippen molar-refractivity contribution in [1.29, 1.82) is 0 Å². The molecule has 1 aromatic heterocycles. The van der Waals surface area contributed by atoms with E-state index in [0.29, 0.717) is 31.2 Å². The molecule has 6 aliphatic carbocycles. The van der Waals surface area contributed by atoms with E-state index < -0.39 is 58.7 Å². The molecule has 1 aliphatic heterocycles. The molecule has 72 heavy (non-hydrogen) atoms. The summed E-state index contributed by atoms with van der Waals surface area (Å²) in [6.45, 7) is 13.7. The second-order valence-electron chi connectivity index (χ2n) is 25.2. The van der Waals surface area contributed by atoms with Gasteiger partial charge in [0.2, 0.25) is 0 Å². The number of nitrogens with zero attached hydrogens (tertiary/aromatic N) is 3. The van der Waals surface area contributed by atoms with E-state index in [2.05, 4.69) is 91.3 Å². The number of aliphatic hydroxyl groups excluding tert-OH is 4. The highest BCUT2D eigenvalue weighted by Crippen LogP contribution is 2.73. The van der Waals surface area contributed by atoms with Crippen molar-refractivity contribution in [2.24, 2.45) is 73.8 Å². The summed E-state index contributed by atoms with van der Waals surface area (Å²) >= 11 is 0. The minimum absolute atomic E-state index is 0.0331. The monoisotopic (exact) mass is 1030 g/mol. The first-order chi connectivity index (χ1) is 34.2. The zero-order chi connectivity index (χ0) is 51.4. The van der Waals surface area contributed by atoms with E-state index in [-0.39, 0.29) is 65.1 Å². The third kappa shape index (κ3) is 9.97. The van der Waals surface area contributed by atoms with Gasteiger partial charge in [0.1, 0.15) is 6.23 Å². The molecular formula is C58H88N6O6S2. The first-order valence-corrected chi connectivity index (χ1v) is 30.1. The number of guanidine groups is 1. The quantitative estimate of drug-likeness (QED) is 0.0393. The normalized spacial score (nSPS) is 41.7. The van der Waals surface area contributed by atoms with E-state index >= 15 is 4.79 Å². The number of hydrogen-bond donors (Lipinski definition) is 8. The van der Waals surface area contributed by atoms with Crippen LogP contribution < -0.4 is 16.4 Å². The summed E-state index contributed by atoms with van der Waals surface area (Å²) in [5.41, 5.74) is 8.46. The number of nitrogens with one attached hydrogen (secondary N) is 2.